The van der Waals surface area contributed by atoms with Crippen molar-refractivity contribution in [1.29, 1.82) is 0 Å². The molecule has 2 aromatic carbocycles. The second-order valence-corrected chi connectivity index (χ2v) is 7.45. The topological polar surface area (TPSA) is 32.3 Å². The minimum atomic E-state index is 1.07. The molecule has 0 bridgehead atoms. The number of aromatic nitrogens is 2. The summed E-state index contributed by atoms with van der Waals surface area (Å²) in [6, 6.07) is 19.6. The van der Waals surface area contributed by atoms with Crippen LogP contribution in [0.2, 0.25) is 0 Å². The first-order valence-electron chi connectivity index (χ1n) is 10.3. The molecule has 0 atom stereocenters. The van der Waals surface area contributed by atoms with E-state index < -0.39 is 0 Å². The highest BCUT2D eigenvalue weighted by atomic mass is 15.3. The van der Waals surface area contributed by atoms with E-state index >= 15 is 0 Å². The fourth-order valence-electron chi connectivity index (χ4n) is 3.85. The maximum Gasteiger partial charge on any atom is 0.115 e. The van der Waals surface area contributed by atoms with Crippen LogP contribution in [-0.2, 0) is 6.42 Å². The van der Waals surface area contributed by atoms with E-state index in [1.165, 1.54) is 49.3 Å². The van der Waals surface area contributed by atoms with Gasteiger partial charge in [-0.25, -0.2) is 9.97 Å². The molecule has 0 spiro atoms. The first kappa shape index (κ1) is 18.6. The summed E-state index contributed by atoms with van der Waals surface area (Å²) in [6.07, 6.45) is 8.94. The van der Waals surface area contributed by atoms with Crippen LogP contribution in [0.1, 0.15) is 18.4 Å². The number of anilines is 1. The number of benzene rings is 2. The number of unbranched alkanes of at least 4 members (excludes halogenated alkanes) is 1. The Labute approximate surface area is 167 Å². The SMILES string of the molecule is c1ccc(N2CCN(CCCCc3ccc(-c4cncnc4)cc3)CC2)cc1. The molecule has 4 heteroatoms. The van der Waals surface area contributed by atoms with Crippen molar-refractivity contribution < 1.29 is 0 Å². The van der Waals surface area contributed by atoms with E-state index in [1.807, 2.05) is 12.4 Å². The van der Waals surface area contributed by atoms with E-state index in [0.717, 1.165) is 25.1 Å². The lowest BCUT2D eigenvalue weighted by molar-refractivity contribution is 0.253. The highest BCUT2D eigenvalue weighted by molar-refractivity contribution is 5.61. The van der Waals surface area contributed by atoms with Crippen molar-refractivity contribution in [2.45, 2.75) is 19.3 Å². The predicted molar refractivity (Wildman–Crippen MR) is 116 cm³/mol. The molecule has 4 rings (SSSR count). The van der Waals surface area contributed by atoms with Crippen LogP contribution in [0.15, 0.2) is 73.3 Å². The molecule has 1 saturated heterocycles. The summed E-state index contributed by atoms with van der Waals surface area (Å²) in [6.45, 7) is 5.82. The average Bonchev–Trinajstić information content (AvgIpc) is 2.79. The number of piperazine rings is 1. The molecular weight excluding hydrogens is 344 g/mol. The molecule has 1 aliphatic heterocycles. The van der Waals surface area contributed by atoms with Gasteiger partial charge in [0.05, 0.1) is 0 Å². The Morgan fingerprint density at radius 1 is 0.714 bits per heavy atom. The first-order valence-corrected chi connectivity index (χ1v) is 10.3. The van der Waals surface area contributed by atoms with Crippen LogP contribution >= 0.6 is 0 Å². The van der Waals surface area contributed by atoms with Crippen molar-refractivity contribution in [3.63, 3.8) is 0 Å². The maximum absolute atomic E-state index is 4.09. The third-order valence-electron chi connectivity index (χ3n) is 5.53. The Balaban J connectivity index is 1.16. The van der Waals surface area contributed by atoms with Gasteiger partial charge in [0, 0.05) is 49.8 Å². The zero-order valence-corrected chi connectivity index (χ0v) is 16.4. The third-order valence-corrected chi connectivity index (χ3v) is 5.53. The monoisotopic (exact) mass is 372 g/mol. The van der Waals surface area contributed by atoms with Gasteiger partial charge in [-0.1, -0.05) is 42.5 Å². The van der Waals surface area contributed by atoms with E-state index in [-0.39, 0.29) is 0 Å². The summed E-state index contributed by atoms with van der Waals surface area (Å²) < 4.78 is 0. The van der Waals surface area contributed by atoms with Crippen molar-refractivity contribution in [3.8, 4) is 11.1 Å². The molecule has 0 unspecified atom stereocenters. The van der Waals surface area contributed by atoms with Crippen LogP contribution in [0.5, 0.6) is 0 Å². The maximum atomic E-state index is 4.09. The number of aryl methyl sites for hydroxylation is 1. The highest BCUT2D eigenvalue weighted by Crippen LogP contribution is 2.19. The zero-order valence-electron chi connectivity index (χ0n) is 16.4. The molecule has 0 amide bonds. The lowest BCUT2D eigenvalue weighted by Crippen LogP contribution is -2.46. The van der Waals surface area contributed by atoms with E-state index in [1.54, 1.807) is 6.33 Å². The van der Waals surface area contributed by atoms with Crippen molar-refractivity contribution in [2.24, 2.45) is 0 Å². The molecule has 0 radical (unpaired) electrons. The van der Waals surface area contributed by atoms with Gasteiger partial charge in [0.25, 0.3) is 0 Å². The van der Waals surface area contributed by atoms with Crippen molar-refractivity contribution in [3.05, 3.63) is 78.9 Å². The number of para-hydroxylation sites is 1. The molecule has 1 fully saturated rings. The normalized spacial score (nSPS) is 14.9. The second-order valence-electron chi connectivity index (χ2n) is 7.45. The van der Waals surface area contributed by atoms with Gasteiger partial charge in [0.15, 0.2) is 0 Å². The van der Waals surface area contributed by atoms with Crippen LogP contribution < -0.4 is 4.90 Å². The van der Waals surface area contributed by atoms with Crippen LogP contribution in [-0.4, -0.2) is 47.6 Å². The molecule has 1 aromatic heterocycles. The Bertz CT molecular complexity index is 825. The van der Waals surface area contributed by atoms with E-state index in [2.05, 4.69) is 74.4 Å². The molecule has 28 heavy (non-hydrogen) atoms. The van der Waals surface area contributed by atoms with Gasteiger partial charge >= 0.3 is 0 Å². The number of hydrogen-bond donors (Lipinski definition) is 0. The van der Waals surface area contributed by atoms with E-state index in [4.69, 9.17) is 0 Å². The number of hydrogen-bond acceptors (Lipinski definition) is 4. The quantitative estimate of drug-likeness (QED) is 0.579. The van der Waals surface area contributed by atoms with Crippen LogP contribution in [0.4, 0.5) is 5.69 Å². The average molecular weight is 373 g/mol. The predicted octanol–water partition coefficient (Wildman–Crippen LogP) is 4.29. The molecule has 1 aliphatic rings. The lowest BCUT2D eigenvalue weighted by atomic mass is 10.0. The third kappa shape index (κ3) is 4.96. The molecule has 2 heterocycles. The van der Waals surface area contributed by atoms with Gasteiger partial charge in [-0.3, -0.25) is 4.90 Å². The van der Waals surface area contributed by atoms with E-state index in [9.17, 15) is 0 Å². The van der Waals surface area contributed by atoms with Crippen LogP contribution in [0, 0.1) is 0 Å². The van der Waals surface area contributed by atoms with Crippen molar-refractivity contribution >= 4 is 5.69 Å². The van der Waals surface area contributed by atoms with E-state index in [0.29, 0.717) is 0 Å². The summed E-state index contributed by atoms with van der Waals surface area (Å²) in [7, 11) is 0. The smallest absolute Gasteiger partial charge is 0.115 e. The fourth-order valence-corrected chi connectivity index (χ4v) is 3.85. The summed E-state index contributed by atoms with van der Waals surface area (Å²) >= 11 is 0. The Morgan fingerprint density at radius 2 is 1.43 bits per heavy atom. The van der Waals surface area contributed by atoms with Gasteiger partial charge in [0.2, 0.25) is 0 Å². The molecule has 0 aliphatic carbocycles. The summed E-state index contributed by atoms with van der Waals surface area (Å²) in [4.78, 5) is 13.3. The minimum absolute atomic E-state index is 1.07. The molecule has 144 valence electrons. The second kappa shape index (κ2) is 9.47. The van der Waals surface area contributed by atoms with Gasteiger partial charge in [-0.2, -0.15) is 0 Å². The van der Waals surface area contributed by atoms with Crippen LogP contribution in [0.25, 0.3) is 11.1 Å². The van der Waals surface area contributed by atoms with Gasteiger partial charge < -0.3 is 4.90 Å². The fraction of sp³-hybridized carbons (Fsp3) is 0.333. The Kier molecular flexibility index (Phi) is 6.30. The summed E-state index contributed by atoms with van der Waals surface area (Å²) in [5, 5.41) is 0. The Morgan fingerprint density at radius 3 is 2.14 bits per heavy atom. The summed E-state index contributed by atoms with van der Waals surface area (Å²) in [5.41, 5.74) is 5.02. The minimum Gasteiger partial charge on any atom is -0.369 e. The van der Waals surface area contributed by atoms with Crippen molar-refractivity contribution in [2.75, 3.05) is 37.6 Å². The number of rotatable bonds is 7. The molecule has 3 aromatic rings. The van der Waals surface area contributed by atoms with Gasteiger partial charge in [-0.05, 0) is 49.1 Å². The molecule has 0 saturated carbocycles. The largest absolute Gasteiger partial charge is 0.369 e. The molecular formula is C24H28N4. The standard InChI is InChI=1S/C24H28N4/c1-2-7-24(8-3-1)28-16-14-27(15-17-28)13-5-4-6-21-9-11-22(12-10-21)23-18-25-20-26-19-23/h1-3,7-12,18-20H,4-6,13-17H2. The molecule has 4 nitrogen and oxygen atoms in total. The number of nitrogens with zero attached hydrogens (tertiary/aromatic N) is 4. The first-order chi connectivity index (χ1) is 13.9. The van der Waals surface area contributed by atoms with Crippen molar-refractivity contribution in [1.82, 2.24) is 14.9 Å². The zero-order chi connectivity index (χ0) is 19.0. The lowest BCUT2D eigenvalue weighted by Gasteiger charge is -2.36. The summed E-state index contributed by atoms with van der Waals surface area (Å²) in [5.74, 6) is 0. The van der Waals surface area contributed by atoms with Gasteiger partial charge in [0.1, 0.15) is 6.33 Å². The van der Waals surface area contributed by atoms with Crippen LogP contribution in [0.3, 0.4) is 0 Å². The molecule has 0 N–H and O–H groups in total. The van der Waals surface area contributed by atoms with Gasteiger partial charge in [-0.15, -0.1) is 0 Å². The Hall–Kier alpha value is -2.72. The highest BCUT2D eigenvalue weighted by Gasteiger charge is 2.16.